The first-order valence-electron chi connectivity index (χ1n) is 6.29. The van der Waals surface area contributed by atoms with Crippen molar-refractivity contribution in [2.24, 2.45) is 5.73 Å². The molecule has 1 saturated heterocycles. The van der Waals surface area contributed by atoms with Crippen LogP contribution >= 0.6 is 0 Å². The Morgan fingerprint density at radius 3 is 2.22 bits per heavy atom. The smallest absolute Gasteiger partial charge is 0.398 e. The highest BCUT2D eigenvalue weighted by Crippen LogP contribution is 2.36. The van der Waals surface area contributed by atoms with Crippen molar-refractivity contribution >= 4 is 12.7 Å². The topological polar surface area (TPSA) is 57.4 Å². The molecular weight excluding hydrogens is 227 g/mol. The minimum absolute atomic E-state index is 0.343. The van der Waals surface area contributed by atoms with Crippen LogP contribution in [-0.2, 0) is 15.9 Å². The molecule has 2 N–H and O–H groups in total. The summed E-state index contributed by atoms with van der Waals surface area (Å²) in [6.07, 6.45) is 0. The molecule has 0 unspecified atom stereocenters. The number of pyridine rings is 1. The average molecular weight is 248 g/mol. The van der Waals surface area contributed by atoms with E-state index in [1.54, 1.807) is 0 Å². The molecule has 2 rings (SSSR count). The molecule has 4 nitrogen and oxygen atoms in total. The molecule has 0 spiro atoms. The van der Waals surface area contributed by atoms with E-state index < -0.39 is 7.12 Å². The molecule has 2 heterocycles. The fraction of sp³-hybridized carbons (Fsp3) is 0.615. The quantitative estimate of drug-likeness (QED) is 0.797. The van der Waals surface area contributed by atoms with E-state index in [0.29, 0.717) is 6.54 Å². The third-order valence-electron chi connectivity index (χ3n) is 3.88. The van der Waals surface area contributed by atoms with Gasteiger partial charge in [0, 0.05) is 6.54 Å². The summed E-state index contributed by atoms with van der Waals surface area (Å²) in [6, 6.07) is 3.94. The second-order valence-electron chi connectivity index (χ2n) is 5.80. The van der Waals surface area contributed by atoms with Crippen LogP contribution in [0.3, 0.4) is 0 Å². The maximum absolute atomic E-state index is 6.00. The summed E-state index contributed by atoms with van der Waals surface area (Å²) in [5, 5.41) is 0. The summed E-state index contributed by atoms with van der Waals surface area (Å²) in [7, 11) is -0.415. The molecule has 0 amide bonds. The summed E-state index contributed by atoms with van der Waals surface area (Å²) in [5.74, 6) is 0. The first-order chi connectivity index (χ1) is 8.27. The van der Waals surface area contributed by atoms with Gasteiger partial charge in [0.25, 0.3) is 0 Å². The van der Waals surface area contributed by atoms with Crippen LogP contribution in [0.2, 0.25) is 0 Å². The SMILES string of the molecule is Cc1ccc(CN)nc1B1OC(C)(C)C(C)(C)O1. The fourth-order valence-corrected chi connectivity index (χ4v) is 1.89. The van der Waals surface area contributed by atoms with E-state index in [-0.39, 0.29) is 11.2 Å². The Bertz CT molecular complexity index is 444. The normalized spacial score (nSPS) is 21.3. The fourth-order valence-electron chi connectivity index (χ4n) is 1.89. The van der Waals surface area contributed by atoms with Crippen molar-refractivity contribution in [2.45, 2.75) is 52.4 Å². The second-order valence-corrected chi connectivity index (χ2v) is 5.80. The molecule has 5 heteroatoms. The standard InChI is InChI=1S/C13H21BN2O2/c1-9-6-7-10(8-15)16-11(9)14-17-12(2,3)13(4,5)18-14/h6-7H,8,15H2,1-5H3. The average Bonchev–Trinajstić information content (AvgIpc) is 2.48. The monoisotopic (exact) mass is 248 g/mol. The summed E-state index contributed by atoms with van der Waals surface area (Å²) in [6.45, 7) is 10.6. The summed E-state index contributed by atoms with van der Waals surface area (Å²) in [5.41, 5.74) is 7.69. The Kier molecular flexibility index (Phi) is 3.26. The molecule has 0 aliphatic carbocycles. The highest BCUT2D eigenvalue weighted by atomic mass is 16.7. The Morgan fingerprint density at radius 1 is 1.17 bits per heavy atom. The van der Waals surface area contributed by atoms with Crippen LogP contribution < -0.4 is 11.3 Å². The lowest BCUT2D eigenvalue weighted by Gasteiger charge is -2.32. The number of aryl methyl sites for hydroxylation is 1. The molecule has 1 aliphatic heterocycles. The van der Waals surface area contributed by atoms with Gasteiger partial charge < -0.3 is 15.0 Å². The molecule has 1 aromatic rings. The van der Waals surface area contributed by atoms with Gasteiger partial charge in [-0.15, -0.1) is 0 Å². The zero-order valence-corrected chi connectivity index (χ0v) is 11.8. The van der Waals surface area contributed by atoms with E-state index in [1.165, 1.54) is 0 Å². The first-order valence-corrected chi connectivity index (χ1v) is 6.29. The lowest BCUT2D eigenvalue weighted by Crippen LogP contribution is -2.41. The number of rotatable bonds is 2. The number of nitrogens with two attached hydrogens (primary N) is 1. The molecule has 98 valence electrons. The van der Waals surface area contributed by atoms with Crippen molar-refractivity contribution in [1.82, 2.24) is 4.98 Å². The van der Waals surface area contributed by atoms with Crippen molar-refractivity contribution < 1.29 is 9.31 Å². The van der Waals surface area contributed by atoms with Crippen LogP contribution in [0.1, 0.15) is 39.0 Å². The van der Waals surface area contributed by atoms with Gasteiger partial charge in [-0.25, -0.2) is 0 Å². The van der Waals surface area contributed by atoms with Crippen LogP contribution in [0.25, 0.3) is 0 Å². The van der Waals surface area contributed by atoms with Crippen molar-refractivity contribution in [3.05, 3.63) is 23.4 Å². The maximum atomic E-state index is 6.00. The van der Waals surface area contributed by atoms with Gasteiger partial charge in [0.1, 0.15) is 0 Å². The van der Waals surface area contributed by atoms with E-state index in [0.717, 1.165) is 16.9 Å². The van der Waals surface area contributed by atoms with Crippen molar-refractivity contribution in [3.63, 3.8) is 0 Å². The Labute approximate surface area is 109 Å². The van der Waals surface area contributed by atoms with Gasteiger partial charge in [-0.3, -0.25) is 4.98 Å². The van der Waals surface area contributed by atoms with E-state index in [2.05, 4.69) is 4.98 Å². The molecule has 1 aromatic heterocycles. The maximum Gasteiger partial charge on any atom is 0.514 e. The third-order valence-corrected chi connectivity index (χ3v) is 3.88. The molecule has 1 fully saturated rings. The van der Waals surface area contributed by atoms with E-state index in [9.17, 15) is 0 Å². The predicted molar refractivity (Wildman–Crippen MR) is 72.6 cm³/mol. The van der Waals surface area contributed by atoms with Crippen molar-refractivity contribution in [1.29, 1.82) is 0 Å². The van der Waals surface area contributed by atoms with Gasteiger partial charge in [-0.05, 0) is 46.2 Å². The van der Waals surface area contributed by atoms with Crippen molar-refractivity contribution in [2.75, 3.05) is 0 Å². The molecule has 0 atom stereocenters. The highest BCUT2D eigenvalue weighted by molar-refractivity contribution is 6.61. The van der Waals surface area contributed by atoms with Crippen LogP contribution in [0, 0.1) is 6.92 Å². The van der Waals surface area contributed by atoms with E-state index in [4.69, 9.17) is 15.0 Å². The lowest BCUT2D eigenvalue weighted by molar-refractivity contribution is 0.00578. The third kappa shape index (κ3) is 2.18. The van der Waals surface area contributed by atoms with Gasteiger partial charge in [0.15, 0.2) is 0 Å². The van der Waals surface area contributed by atoms with Gasteiger partial charge in [-0.2, -0.15) is 0 Å². The number of hydrogen-bond donors (Lipinski definition) is 1. The van der Waals surface area contributed by atoms with Gasteiger partial charge >= 0.3 is 7.12 Å². The molecule has 1 aliphatic rings. The molecule has 0 bridgehead atoms. The highest BCUT2D eigenvalue weighted by Gasteiger charge is 2.52. The van der Waals surface area contributed by atoms with E-state index in [1.807, 2.05) is 46.8 Å². The Balaban J connectivity index is 2.34. The number of aromatic nitrogens is 1. The number of hydrogen-bond acceptors (Lipinski definition) is 4. The largest absolute Gasteiger partial charge is 0.514 e. The van der Waals surface area contributed by atoms with Crippen molar-refractivity contribution in [3.8, 4) is 0 Å². The van der Waals surface area contributed by atoms with E-state index >= 15 is 0 Å². The Morgan fingerprint density at radius 2 is 1.72 bits per heavy atom. The first kappa shape index (κ1) is 13.5. The van der Waals surface area contributed by atoms with Crippen LogP contribution in [0.15, 0.2) is 12.1 Å². The predicted octanol–water partition coefficient (Wildman–Crippen LogP) is 1.15. The minimum atomic E-state index is -0.415. The zero-order chi connectivity index (χ0) is 13.6. The molecule has 0 aromatic carbocycles. The summed E-state index contributed by atoms with van der Waals surface area (Å²) in [4.78, 5) is 4.53. The Hall–Kier alpha value is -0.905. The van der Waals surface area contributed by atoms with Crippen LogP contribution in [0.5, 0.6) is 0 Å². The summed E-state index contributed by atoms with van der Waals surface area (Å²) < 4.78 is 12.0. The van der Waals surface area contributed by atoms with Crippen LogP contribution in [-0.4, -0.2) is 23.3 Å². The minimum Gasteiger partial charge on any atom is -0.398 e. The zero-order valence-electron chi connectivity index (χ0n) is 11.8. The van der Waals surface area contributed by atoms with Gasteiger partial charge in [-0.1, -0.05) is 6.07 Å². The van der Waals surface area contributed by atoms with Gasteiger partial charge in [0.05, 0.1) is 22.5 Å². The summed E-state index contributed by atoms with van der Waals surface area (Å²) >= 11 is 0. The van der Waals surface area contributed by atoms with Crippen LogP contribution in [0.4, 0.5) is 0 Å². The second kappa shape index (κ2) is 4.33. The molecular formula is C13H21BN2O2. The molecule has 0 radical (unpaired) electrons. The molecule has 18 heavy (non-hydrogen) atoms. The lowest BCUT2D eigenvalue weighted by atomic mass is 9.81. The number of nitrogens with zero attached hydrogens (tertiary/aromatic N) is 1. The molecule has 0 saturated carbocycles. The van der Waals surface area contributed by atoms with Gasteiger partial charge in [0.2, 0.25) is 0 Å².